The molecular formula is C26H30F4N6O2. The number of halogens is 4. The first-order valence-electron chi connectivity index (χ1n) is 11.9. The number of pyridine rings is 1. The highest BCUT2D eigenvalue weighted by atomic mass is 19.3. The number of hydrogen-bond acceptors (Lipinski definition) is 6. The number of aromatic nitrogens is 1. The highest BCUT2D eigenvalue weighted by Gasteiger charge is 2.48. The standard InChI is InChI=1S/C25H27F3N6O2.CH3F/c1-34-11-15(12-34)9-30-22(31-10-16-4-3-5-17(20(16)26)21(27)28)18-8-19(25(13-29)6-7-25)24(36-2)33-23(18)32-14-35;1-2/h3-5,8,14-15,21H,6-7,9-12H2,1-2H3,(H,30,31)(H,32,33,35);1H3. The van der Waals surface area contributed by atoms with E-state index >= 15 is 0 Å². The normalized spacial score (nSPS) is 16.6. The van der Waals surface area contributed by atoms with Crippen LogP contribution in [-0.2, 0) is 16.8 Å². The van der Waals surface area contributed by atoms with Crippen LogP contribution in [0.5, 0.6) is 5.88 Å². The summed E-state index contributed by atoms with van der Waals surface area (Å²) in [5.74, 6) is 0.0235. The van der Waals surface area contributed by atoms with Gasteiger partial charge in [0.15, 0.2) is 0 Å². The maximum Gasteiger partial charge on any atom is 0.266 e. The molecule has 12 heteroatoms. The predicted molar refractivity (Wildman–Crippen MR) is 135 cm³/mol. The second kappa shape index (κ2) is 12.7. The lowest BCUT2D eigenvalue weighted by molar-refractivity contribution is -0.105. The number of benzene rings is 1. The molecule has 4 rings (SSSR count). The number of rotatable bonds is 10. The van der Waals surface area contributed by atoms with E-state index in [9.17, 15) is 27.6 Å². The summed E-state index contributed by atoms with van der Waals surface area (Å²) in [6.45, 7) is 2.10. The Hall–Kier alpha value is -3.72. The van der Waals surface area contributed by atoms with Gasteiger partial charge in [-0.3, -0.25) is 14.2 Å². The Bertz CT molecular complexity index is 1210. The van der Waals surface area contributed by atoms with Crippen LogP contribution in [0, 0.1) is 23.1 Å². The van der Waals surface area contributed by atoms with Gasteiger partial charge in [-0.1, -0.05) is 18.2 Å². The van der Waals surface area contributed by atoms with E-state index in [1.165, 1.54) is 19.2 Å². The fourth-order valence-corrected chi connectivity index (χ4v) is 4.40. The topological polar surface area (TPSA) is 103 Å². The summed E-state index contributed by atoms with van der Waals surface area (Å²) in [4.78, 5) is 22.5. The van der Waals surface area contributed by atoms with Crippen LogP contribution >= 0.6 is 0 Å². The molecule has 1 saturated heterocycles. The minimum Gasteiger partial charge on any atom is -0.481 e. The average Bonchev–Trinajstić information content (AvgIpc) is 3.70. The summed E-state index contributed by atoms with van der Waals surface area (Å²) in [6.07, 6.45) is -1.20. The van der Waals surface area contributed by atoms with Gasteiger partial charge in [-0.2, -0.15) is 10.2 Å². The molecule has 2 aromatic rings. The molecule has 2 fully saturated rings. The first kappa shape index (κ1) is 28.8. The van der Waals surface area contributed by atoms with Gasteiger partial charge in [-0.15, -0.1) is 0 Å². The second-order valence-corrected chi connectivity index (χ2v) is 9.15. The predicted octanol–water partition coefficient (Wildman–Crippen LogP) is 3.97. The van der Waals surface area contributed by atoms with Crippen molar-refractivity contribution in [1.82, 2.24) is 15.2 Å². The number of methoxy groups -OCH3 is 1. The van der Waals surface area contributed by atoms with Crippen molar-refractivity contribution in [2.24, 2.45) is 10.9 Å². The van der Waals surface area contributed by atoms with Crippen molar-refractivity contribution < 1.29 is 27.1 Å². The average molecular weight is 535 g/mol. The summed E-state index contributed by atoms with van der Waals surface area (Å²) in [7, 11) is 3.94. The molecule has 8 nitrogen and oxygen atoms in total. The molecule has 2 N–H and O–H groups in total. The highest BCUT2D eigenvalue weighted by molar-refractivity contribution is 6.04. The van der Waals surface area contributed by atoms with E-state index in [0.29, 0.717) is 55.9 Å². The molecule has 1 aliphatic carbocycles. The molecule has 2 heterocycles. The van der Waals surface area contributed by atoms with Crippen molar-refractivity contribution in [3.8, 4) is 11.9 Å². The molecule has 1 aliphatic heterocycles. The zero-order chi connectivity index (χ0) is 27.9. The zero-order valence-electron chi connectivity index (χ0n) is 21.4. The Morgan fingerprint density at radius 2 is 2.08 bits per heavy atom. The lowest BCUT2D eigenvalue weighted by Gasteiger charge is -2.36. The van der Waals surface area contributed by atoms with Crippen LogP contribution in [0.2, 0.25) is 0 Å². The number of carbonyl (C=O) groups is 1. The van der Waals surface area contributed by atoms with Crippen LogP contribution in [0.25, 0.3) is 0 Å². The molecule has 1 aromatic heterocycles. The molecule has 0 bridgehead atoms. The first-order chi connectivity index (χ1) is 18.3. The summed E-state index contributed by atoms with van der Waals surface area (Å²) in [5, 5.41) is 15.6. The molecule has 0 unspecified atom stereocenters. The van der Waals surface area contributed by atoms with Gasteiger partial charge in [-0.25, -0.2) is 13.2 Å². The van der Waals surface area contributed by atoms with Gasteiger partial charge < -0.3 is 20.3 Å². The van der Waals surface area contributed by atoms with Crippen LogP contribution in [0.3, 0.4) is 0 Å². The smallest absolute Gasteiger partial charge is 0.266 e. The number of ether oxygens (including phenoxy) is 1. The number of carbonyl (C=O) groups excluding carboxylic acids is 1. The number of amides is 1. The van der Waals surface area contributed by atoms with Gasteiger partial charge in [0.05, 0.1) is 43.4 Å². The number of anilines is 1. The van der Waals surface area contributed by atoms with Crippen molar-refractivity contribution in [2.75, 3.05) is 46.3 Å². The zero-order valence-corrected chi connectivity index (χ0v) is 21.4. The number of alkyl halides is 3. The van der Waals surface area contributed by atoms with E-state index in [2.05, 4.69) is 31.6 Å². The molecule has 1 amide bonds. The molecule has 38 heavy (non-hydrogen) atoms. The number of nitriles is 1. The van der Waals surface area contributed by atoms with E-state index < -0.39 is 23.2 Å². The molecule has 1 aromatic carbocycles. The minimum atomic E-state index is -2.94. The summed E-state index contributed by atoms with van der Waals surface area (Å²) >= 11 is 0. The third-order valence-electron chi connectivity index (χ3n) is 6.56. The van der Waals surface area contributed by atoms with Crippen molar-refractivity contribution in [1.29, 1.82) is 5.26 Å². The Morgan fingerprint density at radius 1 is 1.37 bits per heavy atom. The number of hydrogen-bond donors (Lipinski definition) is 2. The van der Waals surface area contributed by atoms with E-state index in [1.54, 1.807) is 6.07 Å². The van der Waals surface area contributed by atoms with Crippen molar-refractivity contribution in [3.05, 3.63) is 52.3 Å². The molecule has 1 saturated carbocycles. The molecular weight excluding hydrogens is 504 g/mol. The number of nitrogens with one attached hydrogen (secondary N) is 2. The van der Waals surface area contributed by atoms with Gasteiger partial charge in [0.1, 0.15) is 17.5 Å². The number of amidine groups is 1. The van der Waals surface area contributed by atoms with E-state index in [1.807, 2.05) is 7.05 Å². The monoisotopic (exact) mass is 534 g/mol. The van der Waals surface area contributed by atoms with Crippen molar-refractivity contribution in [3.63, 3.8) is 0 Å². The van der Waals surface area contributed by atoms with E-state index in [0.717, 1.165) is 19.2 Å². The molecule has 204 valence electrons. The maximum atomic E-state index is 14.7. The van der Waals surface area contributed by atoms with Gasteiger partial charge in [-0.05, 0) is 26.0 Å². The van der Waals surface area contributed by atoms with Crippen molar-refractivity contribution in [2.45, 2.75) is 31.2 Å². The number of nitrogens with zero attached hydrogens (tertiary/aromatic N) is 4. The summed E-state index contributed by atoms with van der Waals surface area (Å²) < 4.78 is 55.9. The van der Waals surface area contributed by atoms with Crippen LogP contribution in [-0.4, -0.2) is 63.1 Å². The summed E-state index contributed by atoms with van der Waals surface area (Å²) in [6, 6.07) is 7.84. The quantitative estimate of drug-likeness (QED) is 0.207. The van der Waals surface area contributed by atoms with Gasteiger partial charge in [0, 0.05) is 36.7 Å². The van der Waals surface area contributed by atoms with Crippen LogP contribution in [0.15, 0.2) is 29.3 Å². The second-order valence-electron chi connectivity index (χ2n) is 9.15. The number of likely N-dealkylation sites (tertiary alicyclic amines) is 1. The summed E-state index contributed by atoms with van der Waals surface area (Å²) in [5.41, 5.74) is -0.444. The third-order valence-corrected chi connectivity index (χ3v) is 6.56. The lowest BCUT2D eigenvalue weighted by Crippen LogP contribution is -2.49. The molecule has 0 atom stereocenters. The SMILES string of the molecule is CF.COc1nc(NC=O)c(C(=NCc2cccc(C(F)F)c2F)NCC2CN(C)C2)cc1C1(C#N)CC1. The largest absolute Gasteiger partial charge is 0.481 e. The van der Waals surface area contributed by atoms with Crippen LogP contribution in [0.4, 0.5) is 23.4 Å². The minimum absolute atomic E-state index is 0.0118. The Morgan fingerprint density at radius 3 is 2.63 bits per heavy atom. The fourth-order valence-electron chi connectivity index (χ4n) is 4.40. The van der Waals surface area contributed by atoms with Gasteiger partial charge in [0.25, 0.3) is 6.43 Å². The maximum absolute atomic E-state index is 14.7. The fraction of sp³-hybridized carbons (Fsp3) is 0.462. The third kappa shape index (κ3) is 6.22. The lowest BCUT2D eigenvalue weighted by atomic mass is 9.96. The van der Waals surface area contributed by atoms with Gasteiger partial charge >= 0.3 is 0 Å². The first-order valence-corrected chi connectivity index (χ1v) is 11.9. The van der Waals surface area contributed by atoms with Crippen LogP contribution in [0.1, 0.15) is 41.5 Å². The molecule has 0 radical (unpaired) electrons. The van der Waals surface area contributed by atoms with E-state index in [4.69, 9.17) is 4.74 Å². The Kier molecular flexibility index (Phi) is 9.63. The molecule has 2 aliphatic rings. The van der Waals surface area contributed by atoms with E-state index in [-0.39, 0.29) is 23.8 Å². The Labute approximate surface area is 218 Å². The number of aliphatic imine (C=N–C) groups is 1. The van der Waals surface area contributed by atoms with Gasteiger partial charge in [0.2, 0.25) is 12.3 Å². The molecule has 0 spiro atoms. The highest BCUT2D eigenvalue weighted by Crippen LogP contribution is 2.51. The van der Waals surface area contributed by atoms with Crippen LogP contribution < -0.4 is 15.4 Å². The van der Waals surface area contributed by atoms with Crippen molar-refractivity contribution >= 4 is 18.1 Å². The Balaban J connectivity index is 0.00000195.